The van der Waals surface area contributed by atoms with E-state index in [0.29, 0.717) is 43.0 Å². The van der Waals surface area contributed by atoms with Crippen LogP contribution in [-0.2, 0) is 23.9 Å². The quantitative estimate of drug-likeness (QED) is 0.562. The topological polar surface area (TPSA) is 69.7 Å². The van der Waals surface area contributed by atoms with Crippen LogP contribution in [0.4, 0.5) is 0 Å². The number of hydrogen-bond donors (Lipinski definition) is 0. The van der Waals surface area contributed by atoms with Crippen LogP contribution in [0.5, 0.6) is 0 Å². The van der Waals surface area contributed by atoms with Crippen LogP contribution in [0.15, 0.2) is 11.6 Å². The van der Waals surface area contributed by atoms with E-state index in [1.54, 1.807) is 6.08 Å². The van der Waals surface area contributed by atoms with Crippen molar-refractivity contribution in [1.29, 1.82) is 0 Å². The van der Waals surface area contributed by atoms with Gasteiger partial charge in [0.05, 0.1) is 12.7 Å². The Bertz CT molecular complexity index is 926. The number of fused-ring (bicyclic) bond motifs is 7. The summed E-state index contributed by atoms with van der Waals surface area (Å²) in [5.41, 5.74) is -0.111. The summed E-state index contributed by atoms with van der Waals surface area (Å²) in [4.78, 5) is 39.3. The molecule has 174 valence electrons. The van der Waals surface area contributed by atoms with Gasteiger partial charge >= 0.3 is 0 Å². The van der Waals surface area contributed by atoms with Gasteiger partial charge in [-0.1, -0.05) is 27.7 Å². The number of carbonyl (C=O) groups excluding carboxylic acids is 3. The lowest BCUT2D eigenvalue weighted by Gasteiger charge is -2.57. The average Bonchev–Trinajstić information content (AvgIpc) is 3.19. The van der Waals surface area contributed by atoms with E-state index in [0.717, 1.165) is 25.9 Å². The highest BCUT2D eigenvalue weighted by Crippen LogP contribution is 2.69. The molecular weight excluding hydrogens is 404 g/mol. The Hall–Kier alpha value is -1.33. The highest BCUT2D eigenvalue weighted by molar-refractivity contribution is 6.06. The fourth-order valence-corrected chi connectivity index (χ4v) is 9.08. The number of carbonyl (C=O) groups is 3. The normalized spacial score (nSPS) is 54.7. The second kappa shape index (κ2) is 6.63. The maximum atomic E-state index is 14.0. The minimum Gasteiger partial charge on any atom is -0.349 e. The number of ether oxygens (including phenoxy) is 2. The zero-order valence-electron chi connectivity index (χ0n) is 19.8. The lowest BCUT2D eigenvalue weighted by Crippen LogP contribution is -2.57. The fourth-order valence-electron chi connectivity index (χ4n) is 9.08. The first kappa shape index (κ1) is 21.2. The Morgan fingerprint density at radius 1 is 1.03 bits per heavy atom. The van der Waals surface area contributed by atoms with Gasteiger partial charge in [0, 0.05) is 53.9 Å². The zero-order chi connectivity index (χ0) is 22.6. The summed E-state index contributed by atoms with van der Waals surface area (Å²) in [6, 6.07) is 0. The van der Waals surface area contributed by atoms with Gasteiger partial charge < -0.3 is 9.47 Å². The van der Waals surface area contributed by atoms with E-state index < -0.39 is 11.2 Å². The summed E-state index contributed by atoms with van der Waals surface area (Å²) < 4.78 is 13.1. The number of ketones is 3. The Morgan fingerprint density at radius 2 is 1.81 bits per heavy atom. The molecule has 0 bridgehead atoms. The molecule has 5 heteroatoms. The third kappa shape index (κ3) is 2.50. The predicted octanol–water partition coefficient (Wildman–Crippen LogP) is 4.28. The van der Waals surface area contributed by atoms with Crippen molar-refractivity contribution in [2.24, 2.45) is 46.3 Å². The molecular formula is C27H36O5. The molecule has 0 N–H and O–H groups in total. The largest absolute Gasteiger partial charge is 0.349 e. The minimum atomic E-state index is -0.541. The van der Waals surface area contributed by atoms with Crippen molar-refractivity contribution in [3.63, 3.8) is 0 Å². The van der Waals surface area contributed by atoms with E-state index in [1.807, 2.05) is 0 Å². The van der Waals surface area contributed by atoms with E-state index in [4.69, 9.17) is 9.47 Å². The summed E-state index contributed by atoms with van der Waals surface area (Å²) >= 11 is 0. The number of Topliss-reactive ketones (excluding diaryl/α,β-unsaturated/α-hetero) is 2. The predicted molar refractivity (Wildman–Crippen MR) is 117 cm³/mol. The van der Waals surface area contributed by atoms with Gasteiger partial charge in [-0.2, -0.15) is 0 Å². The van der Waals surface area contributed by atoms with Crippen molar-refractivity contribution in [3.05, 3.63) is 11.6 Å². The van der Waals surface area contributed by atoms with Gasteiger partial charge in [0.25, 0.3) is 0 Å². The van der Waals surface area contributed by atoms with Crippen LogP contribution in [0, 0.1) is 46.3 Å². The standard InChI is InChI=1S/C27H36O5/c1-14-5-8-27(31-13-14)15(2)24-22(32-27)11-19-17-10-21(29)20-9-16(28)6-7-25(20,3)18(17)12-23(30)26(19,24)4/h9,14-15,17-19,22,24H,5-8,10-13H2,1-4H3/t14?,15-,17+,18-,19-,22-,24-,25+,26+,27+/m0/s1. The lowest BCUT2D eigenvalue weighted by molar-refractivity contribution is -0.272. The summed E-state index contributed by atoms with van der Waals surface area (Å²) in [6.45, 7) is 9.49. The van der Waals surface area contributed by atoms with Crippen molar-refractivity contribution in [2.45, 2.75) is 84.5 Å². The van der Waals surface area contributed by atoms with E-state index in [-0.39, 0.29) is 52.7 Å². The molecule has 10 atom stereocenters. The van der Waals surface area contributed by atoms with Crippen molar-refractivity contribution in [1.82, 2.24) is 0 Å². The molecule has 0 aromatic heterocycles. The van der Waals surface area contributed by atoms with E-state index in [9.17, 15) is 14.4 Å². The van der Waals surface area contributed by atoms with Crippen molar-refractivity contribution >= 4 is 17.3 Å². The molecule has 1 unspecified atom stereocenters. The Morgan fingerprint density at radius 3 is 2.53 bits per heavy atom. The van der Waals surface area contributed by atoms with Gasteiger partial charge in [-0.05, 0) is 49.0 Å². The second-order valence-corrected chi connectivity index (χ2v) is 12.3. The smallest absolute Gasteiger partial charge is 0.171 e. The molecule has 4 aliphatic carbocycles. The lowest BCUT2D eigenvalue weighted by atomic mass is 9.45. The van der Waals surface area contributed by atoms with Gasteiger partial charge in [0.15, 0.2) is 17.4 Å². The number of rotatable bonds is 0. The molecule has 2 aliphatic heterocycles. The van der Waals surface area contributed by atoms with Crippen LogP contribution in [0.3, 0.4) is 0 Å². The summed E-state index contributed by atoms with van der Waals surface area (Å²) in [5, 5.41) is 0. The Balaban J connectivity index is 1.35. The molecule has 5 nitrogen and oxygen atoms in total. The van der Waals surface area contributed by atoms with E-state index in [2.05, 4.69) is 27.7 Å². The average molecular weight is 441 g/mol. The highest BCUT2D eigenvalue weighted by Gasteiger charge is 2.72. The fraction of sp³-hybridized carbons (Fsp3) is 0.815. The first-order chi connectivity index (χ1) is 15.1. The third-order valence-corrected chi connectivity index (χ3v) is 10.9. The summed E-state index contributed by atoms with van der Waals surface area (Å²) in [7, 11) is 0. The van der Waals surface area contributed by atoms with Gasteiger partial charge in [-0.25, -0.2) is 0 Å². The third-order valence-electron chi connectivity index (χ3n) is 10.9. The molecule has 6 rings (SSSR count). The van der Waals surface area contributed by atoms with E-state index in [1.165, 1.54) is 0 Å². The second-order valence-electron chi connectivity index (χ2n) is 12.3. The number of hydrogen-bond acceptors (Lipinski definition) is 5. The van der Waals surface area contributed by atoms with E-state index >= 15 is 0 Å². The first-order valence-corrected chi connectivity index (χ1v) is 12.7. The van der Waals surface area contributed by atoms with Crippen LogP contribution in [0.1, 0.15) is 72.6 Å². The van der Waals surface area contributed by atoms with Crippen molar-refractivity contribution in [3.8, 4) is 0 Å². The van der Waals surface area contributed by atoms with Gasteiger partial charge in [-0.3, -0.25) is 14.4 Å². The molecule has 5 fully saturated rings. The van der Waals surface area contributed by atoms with Crippen LogP contribution in [-0.4, -0.2) is 35.8 Å². The monoisotopic (exact) mass is 440 g/mol. The van der Waals surface area contributed by atoms with Crippen LogP contribution in [0.25, 0.3) is 0 Å². The Labute approximate surface area is 190 Å². The van der Waals surface area contributed by atoms with Crippen molar-refractivity contribution < 1.29 is 23.9 Å². The molecule has 0 aromatic rings. The molecule has 0 amide bonds. The minimum absolute atomic E-state index is 0.0314. The summed E-state index contributed by atoms with van der Waals surface area (Å²) in [5.74, 6) is 1.40. The molecule has 0 radical (unpaired) electrons. The maximum absolute atomic E-state index is 14.0. The SMILES string of the molecule is CC1CC[C@@]2(OC1)O[C@H]1C[C@H]3[C@@H]4CC(=O)C5=CC(=O)CC[C@]5(C)[C@H]4CC(=O)[C@]3(C)[C@H]1[C@@H]2C. The van der Waals surface area contributed by atoms with Gasteiger partial charge in [-0.15, -0.1) is 0 Å². The highest BCUT2D eigenvalue weighted by atomic mass is 16.7. The molecule has 2 saturated heterocycles. The van der Waals surface area contributed by atoms with Crippen molar-refractivity contribution in [2.75, 3.05) is 6.61 Å². The first-order valence-electron chi connectivity index (χ1n) is 12.7. The van der Waals surface area contributed by atoms with Crippen LogP contribution >= 0.6 is 0 Å². The van der Waals surface area contributed by atoms with Crippen LogP contribution < -0.4 is 0 Å². The summed E-state index contributed by atoms with van der Waals surface area (Å²) in [6.07, 6.45) is 6.65. The van der Waals surface area contributed by atoms with Gasteiger partial charge in [0.1, 0.15) is 5.78 Å². The molecule has 2 heterocycles. The maximum Gasteiger partial charge on any atom is 0.171 e. The molecule has 1 spiro atoms. The zero-order valence-corrected chi connectivity index (χ0v) is 19.8. The van der Waals surface area contributed by atoms with Gasteiger partial charge in [0.2, 0.25) is 0 Å². The molecule has 3 saturated carbocycles. The molecule has 0 aromatic carbocycles. The van der Waals surface area contributed by atoms with Crippen LogP contribution in [0.2, 0.25) is 0 Å². The number of allylic oxidation sites excluding steroid dienone is 1. The molecule has 6 aliphatic rings. The molecule has 32 heavy (non-hydrogen) atoms. The Kier molecular flexibility index (Phi) is 4.39.